The third kappa shape index (κ3) is 9.11. The lowest BCUT2D eigenvalue weighted by Gasteiger charge is -2.33. The molecule has 2 amide bonds. The van der Waals surface area contributed by atoms with Crippen LogP contribution in [0, 0.1) is 5.82 Å². The lowest BCUT2D eigenvalue weighted by Crippen LogP contribution is -2.39. The molecule has 0 saturated carbocycles. The number of halogens is 1. The molecule has 7 aromatic rings. The van der Waals surface area contributed by atoms with Crippen LogP contribution in [0.4, 0.5) is 4.39 Å². The number of imidazole rings is 2. The number of piperidine rings is 1. The number of benzene rings is 2. The van der Waals surface area contributed by atoms with Gasteiger partial charge < -0.3 is 19.6 Å². The molecule has 1 aliphatic rings. The lowest BCUT2D eigenvalue weighted by molar-refractivity contribution is -0.130. The number of amides is 2. The van der Waals surface area contributed by atoms with Crippen molar-refractivity contribution in [3.8, 4) is 22.3 Å². The summed E-state index contributed by atoms with van der Waals surface area (Å²) in [7, 11) is 0. The van der Waals surface area contributed by atoms with Crippen LogP contribution in [0.1, 0.15) is 50.9 Å². The average Bonchev–Trinajstić information content (AvgIpc) is 3.81. The first-order valence-electron chi connectivity index (χ1n) is 17.3. The Labute approximate surface area is 302 Å². The van der Waals surface area contributed by atoms with E-state index in [0.717, 1.165) is 76.1 Å². The van der Waals surface area contributed by atoms with Crippen molar-refractivity contribution < 1.29 is 14.0 Å². The number of hydrogen-bond acceptors (Lipinski definition) is 6. The minimum atomic E-state index is -0.216. The van der Waals surface area contributed by atoms with Crippen molar-refractivity contribution in [2.24, 2.45) is 5.73 Å². The summed E-state index contributed by atoms with van der Waals surface area (Å²) in [6, 6.07) is 25.3. The van der Waals surface area contributed by atoms with Crippen molar-refractivity contribution in [1.82, 2.24) is 33.8 Å². The second-order valence-electron chi connectivity index (χ2n) is 11.9. The fourth-order valence-corrected chi connectivity index (χ4v) is 6.20. The second kappa shape index (κ2) is 18.1. The quantitative estimate of drug-likeness (QED) is 0.185. The van der Waals surface area contributed by atoms with Crippen LogP contribution in [0.25, 0.3) is 38.9 Å². The minimum absolute atomic E-state index is 0.154. The highest BCUT2D eigenvalue weighted by Crippen LogP contribution is 2.29. The molecule has 0 aliphatic carbocycles. The highest BCUT2D eigenvalue weighted by Gasteiger charge is 2.24. The Morgan fingerprint density at radius 2 is 1.50 bits per heavy atom. The molecule has 1 aliphatic heterocycles. The van der Waals surface area contributed by atoms with Crippen LogP contribution >= 0.6 is 0 Å². The predicted octanol–water partition coefficient (Wildman–Crippen LogP) is 7.54. The molecule has 0 spiro atoms. The Hall–Kier alpha value is -6.23. The van der Waals surface area contributed by atoms with Gasteiger partial charge in [-0.05, 0) is 101 Å². The first-order chi connectivity index (χ1) is 25.4. The van der Waals surface area contributed by atoms with Gasteiger partial charge in [0.1, 0.15) is 11.5 Å². The SMILES string of the molecule is CC.CC(=O)N1CCCC(n2cnc3ccc(-c4ccncc4)cc32)C1.Fc1ccc(Cc2cnc3ccc(-c4ccncc4)cn23)cc1.NC=O. The maximum Gasteiger partial charge on any atom is 0.219 e. The Balaban J connectivity index is 0.000000179. The van der Waals surface area contributed by atoms with E-state index in [1.54, 1.807) is 31.5 Å². The zero-order valence-electron chi connectivity index (χ0n) is 29.6. The number of likely N-dealkylation sites (tertiary alicyclic amines) is 1. The molecule has 10 nitrogen and oxygen atoms in total. The molecular weight excluding hydrogens is 656 g/mol. The Morgan fingerprint density at radius 1 is 0.865 bits per heavy atom. The number of nitrogens with two attached hydrogens (primary N) is 1. The number of pyridine rings is 3. The summed E-state index contributed by atoms with van der Waals surface area (Å²) in [6.45, 7) is 7.27. The van der Waals surface area contributed by atoms with Crippen LogP contribution in [-0.4, -0.2) is 59.2 Å². The highest BCUT2D eigenvalue weighted by molar-refractivity contribution is 5.82. The van der Waals surface area contributed by atoms with Gasteiger partial charge in [0.2, 0.25) is 12.3 Å². The van der Waals surface area contributed by atoms with Gasteiger partial charge in [0.15, 0.2) is 0 Å². The van der Waals surface area contributed by atoms with E-state index in [-0.39, 0.29) is 18.1 Å². The minimum Gasteiger partial charge on any atom is -0.372 e. The third-order valence-electron chi connectivity index (χ3n) is 8.72. The number of carbonyl (C=O) groups is 2. The molecule has 2 aromatic carbocycles. The van der Waals surface area contributed by atoms with Gasteiger partial charge >= 0.3 is 0 Å². The highest BCUT2D eigenvalue weighted by atomic mass is 19.1. The Kier molecular flexibility index (Phi) is 12.9. The first-order valence-corrected chi connectivity index (χ1v) is 17.3. The van der Waals surface area contributed by atoms with Crippen LogP contribution in [0.3, 0.4) is 0 Å². The zero-order valence-corrected chi connectivity index (χ0v) is 29.6. The fraction of sp³-hybridized carbons (Fsp3) is 0.220. The number of primary amides is 1. The van der Waals surface area contributed by atoms with Crippen LogP contribution in [-0.2, 0) is 16.0 Å². The van der Waals surface area contributed by atoms with Crippen molar-refractivity contribution in [2.45, 2.75) is 46.1 Å². The molecule has 11 heteroatoms. The van der Waals surface area contributed by atoms with E-state index in [1.807, 2.05) is 74.0 Å². The van der Waals surface area contributed by atoms with E-state index < -0.39 is 0 Å². The summed E-state index contributed by atoms with van der Waals surface area (Å²) in [5.41, 5.74) is 13.8. The number of aromatic nitrogens is 6. The predicted molar refractivity (Wildman–Crippen MR) is 203 cm³/mol. The molecule has 266 valence electrons. The van der Waals surface area contributed by atoms with E-state index in [0.29, 0.717) is 12.5 Å². The summed E-state index contributed by atoms with van der Waals surface area (Å²) in [4.78, 5) is 39.4. The Bertz CT molecular complexity index is 2180. The van der Waals surface area contributed by atoms with Crippen molar-refractivity contribution in [3.63, 3.8) is 0 Å². The lowest BCUT2D eigenvalue weighted by atomic mass is 10.0. The fourth-order valence-electron chi connectivity index (χ4n) is 6.20. The van der Waals surface area contributed by atoms with Crippen LogP contribution < -0.4 is 5.73 Å². The smallest absolute Gasteiger partial charge is 0.219 e. The summed E-state index contributed by atoms with van der Waals surface area (Å²) in [5, 5.41) is 0. The molecule has 2 N–H and O–H groups in total. The van der Waals surface area contributed by atoms with Crippen molar-refractivity contribution in [2.75, 3.05) is 13.1 Å². The largest absolute Gasteiger partial charge is 0.372 e. The molecule has 1 atom stereocenters. The summed E-state index contributed by atoms with van der Waals surface area (Å²) >= 11 is 0. The molecule has 5 aromatic heterocycles. The first kappa shape index (κ1) is 37.0. The molecule has 0 radical (unpaired) electrons. The van der Waals surface area contributed by atoms with Gasteiger partial charge in [0.05, 0.1) is 23.4 Å². The molecule has 8 rings (SSSR count). The van der Waals surface area contributed by atoms with Gasteiger partial charge in [-0.3, -0.25) is 19.6 Å². The zero-order chi connectivity index (χ0) is 36.9. The van der Waals surface area contributed by atoms with Crippen LogP contribution in [0.15, 0.2) is 122 Å². The van der Waals surface area contributed by atoms with E-state index in [1.165, 1.54) is 12.1 Å². The van der Waals surface area contributed by atoms with Crippen LogP contribution in [0.2, 0.25) is 0 Å². The van der Waals surface area contributed by atoms with Crippen LogP contribution in [0.5, 0.6) is 0 Å². The number of rotatable bonds is 5. The van der Waals surface area contributed by atoms with Crippen molar-refractivity contribution in [1.29, 1.82) is 0 Å². The molecule has 1 fully saturated rings. The summed E-state index contributed by atoms with van der Waals surface area (Å²) in [5.74, 6) is -0.0616. The van der Waals surface area contributed by atoms with E-state index in [2.05, 4.69) is 65.1 Å². The molecule has 52 heavy (non-hydrogen) atoms. The number of hydrogen-bond donors (Lipinski definition) is 1. The summed E-state index contributed by atoms with van der Waals surface area (Å²) < 4.78 is 17.4. The number of carbonyl (C=O) groups excluding carboxylic acids is 2. The van der Waals surface area contributed by atoms with E-state index in [9.17, 15) is 9.18 Å². The standard InChI is InChI=1S/C19H14FN3.C19H20N4O.C2H6.CH3NO/c20-17-4-1-14(2-5-17)11-18-12-22-19-6-3-16(13-23(18)19)15-7-9-21-10-8-15;1-14(24)22-10-2-3-17(12-22)23-13-21-18-5-4-16(11-19(18)23)15-6-8-20-9-7-15;1-2;2-1-3/h1-10,12-13H,11H2;4-9,11,13,17H,2-3,10,12H2,1H3;1-2H3;1H,(H2,2,3). The maximum absolute atomic E-state index is 13.0. The second-order valence-corrected chi connectivity index (χ2v) is 11.9. The van der Waals surface area contributed by atoms with Crippen molar-refractivity contribution in [3.05, 3.63) is 139 Å². The molecular formula is C41H43FN8O2. The maximum atomic E-state index is 13.0. The third-order valence-corrected chi connectivity index (χ3v) is 8.72. The van der Waals surface area contributed by atoms with Gasteiger partial charge in [-0.15, -0.1) is 0 Å². The van der Waals surface area contributed by atoms with E-state index >= 15 is 0 Å². The normalized spacial score (nSPS) is 13.5. The molecule has 1 saturated heterocycles. The number of nitrogens with zero attached hydrogens (tertiary/aromatic N) is 7. The molecule has 1 unspecified atom stereocenters. The van der Waals surface area contributed by atoms with Gasteiger partial charge in [-0.25, -0.2) is 14.4 Å². The van der Waals surface area contributed by atoms with Gasteiger partial charge in [0.25, 0.3) is 0 Å². The van der Waals surface area contributed by atoms with Crippen molar-refractivity contribution >= 4 is 29.0 Å². The topological polar surface area (TPSA) is 124 Å². The van der Waals surface area contributed by atoms with Gasteiger partial charge in [-0.2, -0.15) is 0 Å². The van der Waals surface area contributed by atoms with Gasteiger partial charge in [-0.1, -0.05) is 32.0 Å². The summed E-state index contributed by atoms with van der Waals surface area (Å²) in [6.07, 6.45) is 16.1. The van der Waals surface area contributed by atoms with Gasteiger partial charge in [0, 0.05) is 69.3 Å². The number of fused-ring (bicyclic) bond motifs is 2. The molecule has 6 heterocycles. The monoisotopic (exact) mass is 698 g/mol. The average molecular weight is 699 g/mol. The Morgan fingerprint density at radius 3 is 2.15 bits per heavy atom. The van der Waals surface area contributed by atoms with E-state index in [4.69, 9.17) is 4.79 Å². The molecule has 0 bridgehead atoms.